The first kappa shape index (κ1) is 65.9. The molecule has 0 spiro atoms. The molecule has 0 aromatic carbocycles. The topological polar surface area (TPSA) is 108 Å². The molecule has 8 nitrogen and oxygen atoms in total. The van der Waals surface area contributed by atoms with Gasteiger partial charge in [-0.25, -0.2) is 0 Å². The summed E-state index contributed by atoms with van der Waals surface area (Å²) in [6, 6.07) is -0.912. The van der Waals surface area contributed by atoms with Crippen molar-refractivity contribution in [1.29, 1.82) is 0 Å². The number of aliphatic hydroxyl groups is 1. The molecule has 0 aliphatic rings. The Morgan fingerprint density at radius 2 is 0.912 bits per heavy atom. The number of allylic oxidation sites excluding steroid dienone is 11. The maximum Gasteiger partial charge on any atom is 0.268 e. The van der Waals surface area contributed by atoms with Gasteiger partial charge in [0.05, 0.1) is 39.9 Å². The van der Waals surface area contributed by atoms with E-state index in [0.29, 0.717) is 17.4 Å². The number of hydrogen-bond donors (Lipinski definition) is 2. The van der Waals surface area contributed by atoms with Crippen LogP contribution < -0.4 is 10.2 Å². The minimum absolute atomic E-state index is 0.0110. The van der Waals surface area contributed by atoms with Crippen molar-refractivity contribution < 1.29 is 32.9 Å². The molecule has 3 unspecified atom stereocenters. The van der Waals surface area contributed by atoms with E-state index in [1.165, 1.54) is 148 Å². The molecule has 0 radical (unpaired) electrons. The molecular formula is C59H109N2O6P. The number of nitrogens with zero attached hydrogens (tertiary/aromatic N) is 1. The molecule has 0 bridgehead atoms. The summed E-state index contributed by atoms with van der Waals surface area (Å²) in [4.78, 5) is 25.5. The molecule has 0 saturated carbocycles. The summed E-state index contributed by atoms with van der Waals surface area (Å²) in [5.74, 6) is -0.216. The number of rotatable bonds is 51. The highest BCUT2D eigenvalue weighted by Crippen LogP contribution is 2.38. The van der Waals surface area contributed by atoms with Gasteiger partial charge in [-0.2, -0.15) is 0 Å². The van der Waals surface area contributed by atoms with Crippen LogP contribution in [0.4, 0.5) is 0 Å². The summed E-state index contributed by atoms with van der Waals surface area (Å²) < 4.78 is 23.3. The fraction of sp³-hybridized carbons (Fsp3) is 0.780. The van der Waals surface area contributed by atoms with E-state index < -0.39 is 26.6 Å². The van der Waals surface area contributed by atoms with Crippen molar-refractivity contribution in [1.82, 2.24) is 5.32 Å². The molecule has 0 fully saturated rings. The number of likely N-dealkylation sites (N-methyl/N-ethyl adjacent to an activating group) is 1. The molecule has 2 N–H and O–H groups in total. The second-order valence-electron chi connectivity index (χ2n) is 20.3. The monoisotopic (exact) mass is 973 g/mol. The van der Waals surface area contributed by atoms with Crippen LogP contribution in [0.3, 0.4) is 0 Å². The Kier molecular flexibility index (Phi) is 48.4. The number of amides is 1. The summed E-state index contributed by atoms with van der Waals surface area (Å²) in [6.45, 7) is 4.52. The van der Waals surface area contributed by atoms with Gasteiger partial charge in [0.2, 0.25) is 5.91 Å². The average Bonchev–Trinajstić information content (AvgIpc) is 3.30. The van der Waals surface area contributed by atoms with E-state index in [1.54, 1.807) is 6.08 Å². The first-order valence-corrected chi connectivity index (χ1v) is 29.8. The zero-order valence-corrected chi connectivity index (χ0v) is 45.9. The molecule has 0 rings (SSSR count). The fourth-order valence-corrected chi connectivity index (χ4v) is 8.71. The van der Waals surface area contributed by atoms with Crippen LogP contribution in [-0.4, -0.2) is 68.5 Å². The SMILES string of the molecule is CC/C=C\C/C=C\C/C=C\C/C=C\CCCCCCCCCCC(=O)NC(COP(=O)([O-])OCC[N+](C)(C)C)C(O)/C=C/CC/C=C/CCCCCCCCCCCCCCCCCCCCC. The van der Waals surface area contributed by atoms with E-state index in [1.807, 2.05) is 27.2 Å². The minimum atomic E-state index is -4.61. The summed E-state index contributed by atoms with van der Waals surface area (Å²) in [7, 11) is 1.23. The van der Waals surface area contributed by atoms with Crippen LogP contribution in [0.25, 0.3) is 0 Å². The van der Waals surface area contributed by atoms with Gasteiger partial charge in [-0.3, -0.25) is 9.36 Å². The number of carbonyl (C=O) groups excluding carboxylic acids is 1. The van der Waals surface area contributed by atoms with Gasteiger partial charge in [-0.1, -0.05) is 241 Å². The molecule has 0 aromatic rings. The molecule has 1 amide bonds. The number of aliphatic hydroxyl groups excluding tert-OH is 1. The first-order valence-electron chi connectivity index (χ1n) is 28.3. The summed E-state index contributed by atoms with van der Waals surface area (Å²) >= 11 is 0. The van der Waals surface area contributed by atoms with E-state index >= 15 is 0 Å². The highest BCUT2D eigenvalue weighted by Gasteiger charge is 2.23. The Morgan fingerprint density at radius 1 is 0.529 bits per heavy atom. The van der Waals surface area contributed by atoms with Crippen molar-refractivity contribution in [3.8, 4) is 0 Å². The highest BCUT2D eigenvalue weighted by molar-refractivity contribution is 7.45. The molecule has 396 valence electrons. The second-order valence-corrected chi connectivity index (χ2v) is 21.7. The third-order valence-electron chi connectivity index (χ3n) is 12.4. The number of phosphoric acid groups is 1. The molecular weight excluding hydrogens is 864 g/mol. The van der Waals surface area contributed by atoms with Gasteiger partial charge in [0.15, 0.2) is 0 Å². The van der Waals surface area contributed by atoms with Crippen LogP contribution in [0.1, 0.15) is 245 Å². The summed E-state index contributed by atoms with van der Waals surface area (Å²) in [5.41, 5.74) is 0. The van der Waals surface area contributed by atoms with Crippen LogP contribution >= 0.6 is 7.82 Å². The second kappa shape index (κ2) is 49.9. The highest BCUT2D eigenvalue weighted by atomic mass is 31.2. The van der Waals surface area contributed by atoms with Crippen molar-refractivity contribution in [2.24, 2.45) is 0 Å². The number of nitrogens with one attached hydrogen (secondary N) is 1. The third-order valence-corrected chi connectivity index (χ3v) is 13.4. The Labute approximate surface area is 421 Å². The maximum absolute atomic E-state index is 12.9. The zero-order chi connectivity index (χ0) is 49.9. The third kappa shape index (κ3) is 51.8. The Hall–Kier alpha value is -2.06. The normalized spacial score (nSPS) is 14.5. The average molecular weight is 974 g/mol. The molecule has 0 aliphatic heterocycles. The van der Waals surface area contributed by atoms with E-state index in [2.05, 4.69) is 79.9 Å². The van der Waals surface area contributed by atoms with Gasteiger partial charge in [-0.05, 0) is 70.6 Å². The summed E-state index contributed by atoms with van der Waals surface area (Å²) in [6.07, 6.45) is 68.4. The Morgan fingerprint density at radius 3 is 1.37 bits per heavy atom. The molecule has 0 aromatic heterocycles. The van der Waals surface area contributed by atoms with Crippen LogP contribution in [0, 0.1) is 0 Å². The standard InChI is InChI=1S/C59H109N2O6P/c1-6-8-10-12-14-16-18-20-22-24-26-28-29-30-31-33-34-36-38-40-42-44-46-48-50-52-58(62)57(56-67-68(64,65)66-55-54-61(3,4)5)60-59(63)53-51-49-47-45-43-41-39-37-35-32-27-25-23-21-19-17-15-13-11-9-7-2/h9,11,15,17,21,23,27,32,42,44,50,52,57-58,62H,6-8,10,12-14,16,18-20,22,24-26,28-31,33-41,43,45-49,51,53-56H2,1-5H3,(H-,60,63,64,65)/b11-9-,17-15-,23-21-,32-27-,44-42+,52-50+. The number of unbranched alkanes of at least 4 members (excludes halogenated alkanes) is 28. The first-order chi connectivity index (χ1) is 33.0. The van der Waals surface area contributed by atoms with Gasteiger partial charge in [0, 0.05) is 6.42 Å². The molecule has 68 heavy (non-hydrogen) atoms. The van der Waals surface area contributed by atoms with E-state index in [4.69, 9.17) is 9.05 Å². The van der Waals surface area contributed by atoms with Crippen LogP contribution in [-0.2, 0) is 18.4 Å². The largest absolute Gasteiger partial charge is 0.756 e. The van der Waals surface area contributed by atoms with Gasteiger partial charge in [-0.15, -0.1) is 0 Å². The number of hydrogen-bond acceptors (Lipinski definition) is 6. The molecule has 0 heterocycles. The zero-order valence-electron chi connectivity index (χ0n) is 45.0. The Balaban J connectivity index is 4.30. The predicted octanol–water partition coefficient (Wildman–Crippen LogP) is 16.5. The van der Waals surface area contributed by atoms with Crippen LogP contribution in [0.2, 0.25) is 0 Å². The lowest BCUT2D eigenvalue weighted by Crippen LogP contribution is -2.45. The van der Waals surface area contributed by atoms with E-state index in [-0.39, 0.29) is 12.5 Å². The van der Waals surface area contributed by atoms with Gasteiger partial charge in [0.1, 0.15) is 13.2 Å². The van der Waals surface area contributed by atoms with Crippen LogP contribution in [0.5, 0.6) is 0 Å². The maximum atomic E-state index is 12.9. The van der Waals surface area contributed by atoms with Gasteiger partial charge in [0.25, 0.3) is 7.82 Å². The van der Waals surface area contributed by atoms with Crippen molar-refractivity contribution >= 4 is 13.7 Å². The minimum Gasteiger partial charge on any atom is -0.756 e. The lowest BCUT2D eigenvalue weighted by molar-refractivity contribution is -0.870. The molecule has 9 heteroatoms. The fourth-order valence-electron chi connectivity index (χ4n) is 7.98. The van der Waals surface area contributed by atoms with Gasteiger partial charge < -0.3 is 28.8 Å². The quantitative estimate of drug-likeness (QED) is 0.0272. The van der Waals surface area contributed by atoms with E-state index in [0.717, 1.165) is 77.0 Å². The lowest BCUT2D eigenvalue weighted by Gasteiger charge is -2.29. The number of carbonyl (C=O) groups is 1. The van der Waals surface area contributed by atoms with E-state index in [9.17, 15) is 19.4 Å². The van der Waals surface area contributed by atoms with Crippen molar-refractivity contribution in [2.75, 3.05) is 40.9 Å². The van der Waals surface area contributed by atoms with Crippen molar-refractivity contribution in [3.05, 3.63) is 72.9 Å². The summed E-state index contributed by atoms with van der Waals surface area (Å²) in [5, 5.41) is 13.9. The lowest BCUT2D eigenvalue weighted by atomic mass is 10.0. The van der Waals surface area contributed by atoms with Crippen molar-refractivity contribution in [3.63, 3.8) is 0 Å². The van der Waals surface area contributed by atoms with Crippen molar-refractivity contribution in [2.45, 2.75) is 257 Å². The molecule has 3 atom stereocenters. The predicted molar refractivity (Wildman–Crippen MR) is 293 cm³/mol. The number of quaternary nitrogens is 1. The molecule has 0 saturated heterocycles. The smallest absolute Gasteiger partial charge is 0.268 e. The molecule has 0 aliphatic carbocycles. The van der Waals surface area contributed by atoms with Crippen LogP contribution in [0.15, 0.2) is 72.9 Å². The van der Waals surface area contributed by atoms with Gasteiger partial charge >= 0.3 is 0 Å². The Bertz CT molecular complexity index is 1330. The number of phosphoric ester groups is 1.